The molecular weight excluding hydrogens is 357 g/mol. The van der Waals surface area contributed by atoms with Crippen LogP contribution in [0.15, 0.2) is 65.7 Å². The Labute approximate surface area is 140 Å². The summed E-state index contributed by atoms with van der Waals surface area (Å²) in [4.78, 5) is 7.65. The summed E-state index contributed by atoms with van der Waals surface area (Å²) in [6.07, 6.45) is 3.75. The van der Waals surface area contributed by atoms with Crippen LogP contribution in [0.4, 0.5) is 4.39 Å². The maximum absolute atomic E-state index is 13.4. The van der Waals surface area contributed by atoms with E-state index in [0.29, 0.717) is 6.54 Å². The summed E-state index contributed by atoms with van der Waals surface area (Å²) in [6, 6.07) is 14.8. The van der Waals surface area contributed by atoms with Gasteiger partial charge in [0.05, 0.1) is 12.0 Å². The van der Waals surface area contributed by atoms with Crippen molar-refractivity contribution in [3.63, 3.8) is 0 Å². The first-order valence-corrected chi connectivity index (χ1v) is 8.03. The van der Waals surface area contributed by atoms with Crippen molar-refractivity contribution in [1.29, 1.82) is 0 Å². The second kappa shape index (κ2) is 5.66. The first-order chi connectivity index (χ1) is 11.2. The molecule has 3 nitrogen and oxygen atoms in total. The number of nitrogens with one attached hydrogen (secondary N) is 1. The number of hydrogen-bond donors (Lipinski definition) is 1. The Balaban J connectivity index is 1.82. The van der Waals surface area contributed by atoms with Gasteiger partial charge in [-0.2, -0.15) is 0 Å². The molecule has 5 heteroatoms. The van der Waals surface area contributed by atoms with Crippen molar-refractivity contribution in [2.24, 2.45) is 0 Å². The van der Waals surface area contributed by atoms with E-state index in [4.69, 9.17) is 0 Å². The predicted molar refractivity (Wildman–Crippen MR) is 92.7 cm³/mol. The summed E-state index contributed by atoms with van der Waals surface area (Å²) in [5.41, 5.74) is 4.02. The van der Waals surface area contributed by atoms with Gasteiger partial charge in [0.1, 0.15) is 10.4 Å². The Morgan fingerprint density at radius 1 is 1.13 bits per heavy atom. The number of imidazole rings is 1. The molecule has 2 aromatic heterocycles. The van der Waals surface area contributed by atoms with Crippen LogP contribution in [0.25, 0.3) is 22.2 Å². The lowest BCUT2D eigenvalue weighted by Gasteiger charge is -2.08. The molecule has 4 aromatic rings. The van der Waals surface area contributed by atoms with Gasteiger partial charge in [-0.1, -0.05) is 30.3 Å². The zero-order valence-corrected chi connectivity index (χ0v) is 13.7. The molecule has 0 radical (unpaired) electrons. The van der Waals surface area contributed by atoms with Gasteiger partial charge in [-0.15, -0.1) is 0 Å². The van der Waals surface area contributed by atoms with Crippen molar-refractivity contribution < 1.29 is 4.39 Å². The molecule has 0 atom stereocenters. The van der Waals surface area contributed by atoms with Crippen LogP contribution in [0.1, 0.15) is 5.56 Å². The van der Waals surface area contributed by atoms with Gasteiger partial charge in [-0.25, -0.2) is 9.37 Å². The van der Waals surface area contributed by atoms with Crippen molar-refractivity contribution in [2.75, 3.05) is 0 Å². The van der Waals surface area contributed by atoms with Crippen LogP contribution in [0.3, 0.4) is 0 Å². The molecule has 0 saturated heterocycles. The summed E-state index contributed by atoms with van der Waals surface area (Å²) in [5.74, 6) is -0.227. The molecule has 0 aliphatic carbocycles. The third kappa shape index (κ3) is 2.57. The standard InChI is InChI=1S/C18H13BrFN3/c19-18-17(15-9-21-16-7-2-1-6-14(15)16)23(11-22-18)10-12-4-3-5-13(20)8-12/h1-9,11,21H,10H2. The monoisotopic (exact) mass is 369 g/mol. The highest BCUT2D eigenvalue weighted by Crippen LogP contribution is 2.33. The van der Waals surface area contributed by atoms with Crippen molar-refractivity contribution >= 4 is 26.8 Å². The van der Waals surface area contributed by atoms with Crippen molar-refractivity contribution in [3.8, 4) is 11.3 Å². The number of nitrogens with zero attached hydrogens (tertiary/aromatic N) is 2. The van der Waals surface area contributed by atoms with E-state index in [1.807, 2.05) is 35.0 Å². The summed E-state index contributed by atoms with van der Waals surface area (Å²) in [7, 11) is 0. The number of para-hydroxylation sites is 1. The zero-order valence-electron chi connectivity index (χ0n) is 12.1. The van der Waals surface area contributed by atoms with E-state index < -0.39 is 0 Å². The fraction of sp³-hybridized carbons (Fsp3) is 0.0556. The second-order valence-corrected chi connectivity index (χ2v) is 6.14. The molecule has 0 bridgehead atoms. The van der Waals surface area contributed by atoms with Crippen LogP contribution < -0.4 is 0 Å². The third-order valence-electron chi connectivity index (χ3n) is 3.88. The maximum Gasteiger partial charge on any atom is 0.132 e. The van der Waals surface area contributed by atoms with Crippen LogP contribution in [-0.4, -0.2) is 14.5 Å². The summed E-state index contributed by atoms with van der Waals surface area (Å²) in [5, 5.41) is 1.13. The summed E-state index contributed by atoms with van der Waals surface area (Å²) < 4.78 is 16.2. The number of aromatic amines is 1. The van der Waals surface area contributed by atoms with E-state index in [1.54, 1.807) is 18.5 Å². The number of fused-ring (bicyclic) bond motifs is 1. The first kappa shape index (κ1) is 14.2. The molecule has 0 aliphatic rings. The molecule has 0 unspecified atom stereocenters. The Morgan fingerprint density at radius 2 is 2.00 bits per heavy atom. The van der Waals surface area contributed by atoms with Gasteiger partial charge in [-0.3, -0.25) is 0 Å². The first-order valence-electron chi connectivity index (χ1n) is 7.24. The van der Waals surface area contributed by atoms with Gasteiger partial charge in [0, 0.05) is 29.2 Å². The highest BCUT2D eigenvalue weighted by Gasteiger charge is 2.15. The molecule has 0 aliphatic heterocycles. The lowest BCUT2D eigenvalue weighted by molar-refractivity contribution is 0.623. The molecule has 23 heavy (non-hydrogen) atoms. The molecule has 2 aromatic carbocycles. The minimum Gasteiger partial charge on any atom is -0.360 e. The number of aromatic nitrogens is 3. The van der Waals surface area contributed by atoms with E-state index in [2.05, 4.69) is 32.0 Å². The molecule has 4 rings (SSSR count). The van der Waals surface area contributed by atoms with E-state index in [-0.39, 0.29) is 5.82 Å². The number of rotatable bonds is 3. The lowest BCUT2D eigenvalue weighted by Crippen LogP contribution is -2.00. The molecule has 0 amide bonds. The maximum atomic E-state index is 13.4. The quantitative estimate of drug-likeness (QED) is 0.542. The highest BCUT2D eigenvalue weighted by molar-refractivity contribution is 9.10. The minimum absolute atomic E-state index is 0.227. The summed E-state index contributed by atoms with van der Waals surface area (Å²) in [6.45, 7) is 0.561. The Morgan fingerprint density at radius 3 is 2.87 bits per heavy atom. The average Bonchev–Trinajstić information content (AvgIpc) is 3.11. The molecule has 0 saturated carbocycles. The topological polar surface area (TPSA) is 33.6 Å². The van der Waals surface area contributed by atoms with Crippen LogP contribution in [-0.2, 0) is 6.54 Å². The van der Waals surface area contributed by atoms with Gasteiger partial charge < -0.3 is 9.55 Å². The molecule has 2 heterocycles. The van der Waals surface area contributed by atoms with E-state index in [0.717, 1.165) is 32.3 Å². The van der Waals surface area contributed by atoms with Crippen LogP contribution in [0, 0.1) is 5.82 Å². The van der Waals surface area contributed by atoms with E-state index in [1.165, 1.54) is 6.07 Å². The van der Waals surface area contributed by atoms with Crippen molar-refractivity contribution in [3.05, 3.63) is 77.0 Å². The number of hydrogen-bond acceptors (Lipinski definition) is 1. The van der Waals surface area contributed by atoms with E-state index in [9.17, 15) is 4.39 Å². The van der Waals surface area contributed by atoms with Gasteiger partial charge >= 0.3 is 0 Å². The zero-order chi connectivity index (χ0) is 15.8. The fourth-order valence-corrected chi connectivity index (χ4v) is 3.38. The van der Waals surface area contributed by atoms with Crippen LogP contribution >= 0.6 is 15.9 Å². The smallest absolute Gasteiger partial charge is 0.132 e. The number of H-pyrrole nitrogens is 1. The van der Waals surface area contributed by atoms with Gasteiger partial charge in [-0.05, 0) is 39.7 Å². The Bertz CT molecular complexity index is 987. The van der Waals surface area contributed by atoms with Crippen molar-refractivity contribution in [1.82, 2.24) is 14.5 Å². The Kier molecular flexibility index (Phi) is 3.50. The average molecular weight is 370 g/mol. The fourth-order valence-electron chi connectivity index (χ4n) is 2.84. The Hall–Kier alpha value is -2.40. The lowest BCUT2D eigenvalue weighted by atomic mass is 10.1. The van der Waals surface area contributed by atoms with Crippen LogP contribution in [0.2, 0.25) is 0 Å². The minimum atomic E-state index is -0.227. The van der Waals surface area contributed by atoms with E-state index >= 15 is 0 Å². The molecule has 0 fully saturated rings. The molecule has 114 valence electrons. The summed E-state index contributed by atoms with van der Waals surface area (Å²) >= 11 is 3.53. The number of halogens is 2. The largest absolute Gasteiger partial charge is 0.360 e. The highest BCUT2D eigenvalue weighted by atomic mass is 79.9. The molecule has 1 N–H and O–H groups in total. The third-order valence-corrected chi connectivity index (χ3v) is 4.46. The SMILES string of the molecule is Fc1cccc(Cn2cnc(Br)c2-c2c[nH]c3ccccc23)c1. The second-order valence-electron chi connectivity index (χ2n) is 5.39. The normalized spacial score (nSPS) is 11.2. The predicted octanol–water partition coefficient (Wildman–Crippen LogP) is 4.98. The van der Waals surface area contributed by atoms with Gasteiger partial charge in [0.15, 0.2) is 0 Å². The number of benzene rings is 2. The van der Waals surface area contributed by atoms with Gasteiger partial charge in [0.2, 0.25) is 0 Å². The van der Waals surface area contributed by atoms with Gasteiger partial charge in [0.25, 0.3) is 0 Å². The molecule has 0 spiro atoms. The van der Waals surface area contributed by atoms with Crippen LogP contribution in [0.5, 0.6) is 0 Å². The van der Waals surface area contributed by atoms with Crippen molar-refractivity contribution in [2.45, 2.75) is 6.54 Å². The molecular formula is C18H13BrFN3.